The number of halogens is 3. The number of methoxy groups -OCH3 is 1. The summed E-state index contributed by atoms with van der Waals surface area (Å²) in [5.74, 6) is -1.44. The third-order valence-corrected chi connectivity index (χ3v) is 4.23. The molecule has 0 aliphatic rings. The molecule has 0 aliphatic heterocycles. The van der Waals surface area contributed by atoms with Crippen LogP contribution in [0.4, 0.5) is 24.5 Å². The van der Waals surface area contributed by atoms with Crippen molar-refractivity contribution < 1.29 is 27.5 Å². The molecular formula is C21H17F3N4O4. The Morgan fingerprint density at radius 2 is 1.75 bits per heavy atom. The molecule has 3 aromatic rings. The minimum absolute atomic E-state index is 0.00245. The number of ether oxygens (including phenoxy) is 1. The monoisotopic (exact) mass is 446 g/mol. The third kappa shape index (κ3) is 5.50. The first-order valence-electron chi connectivity index (χ1n) is 9.17. The largest absolute Gasteiger partial charge is 0.495 e. The van der Waals surface area contributed by atoms with Crippen LogP contribution in [-0.4, -0.2) is 28.7 Å². The van der Waals surface area contributed by atoms with Crippen molar-refractivity contribution in [2.45, 2.75) is 12.7 Å². The highest BCUT2D eigenvalue weighted by atomic mass is 19.4. The number of nitrogens with zero attached hydrogens (tertiary/aromatic N) is 2. The van der Waals surface area contributed by atoms with Crippen LogP contribution in [0.25, 0.3) is 0 Å². The number of rotatable bonds is 6. The summed E-state index contributed by atoms with van der Waals surface area (Å²) in [6.07, 6.45) is -4.62. The number of hydrogen-bond donors (Lipinski definition) is 2. The molecule has 0 radical (unpaired) electrons. The number of anilines is 2. The van der Waals surface area contributed by atoms with Gasteiger partial charge in [0, 0.05) is 11.8 Å². The minimum atomic E-state index is -4.62. The average Bonchev–Trinajstić information content (AvgIpc) is 2.75. The molecule has 0 bridgehead atoms. The Labute approximate surface area is 179 Å². The standard InChI is InChI=1S/C21H17F3N4O4/c1-32-17-9-7-13(21(22,23)24)11-16(17)26-18(29)12-28-19(30)10-8-15(27-28)20(31)25-14-5-3-2-4-6-14/h2-11H,12H2,1H3,(H,25,31)(H,26,29). The molecule has 8 nitrogen and oxygen atoms in total. The molecule has 0 atom stereocenters. The Bertz CT molecular complexity index is 1190. The van der Waals surface area contributed by atoms with Gasteiger partial charge in [0.05, 0.1) is 18.4 Å². The van der Waals surface area contributed by atoms with E-state index in [4.69, 9.17) is 4.74 Å². The van der Waals surface area contributed by atoms with Gasteiger partial charge in [-0.3, -0.25) is 14.4 Å². The van der Waals surface area contributed by atoms with Gasteiger partial charge in [-0.15, -0.1) is 0 Å². The van der Waals surface area contributed by atoms with E-state index >= 15 is 0 Å². The Balaban J connectivity index is 1.77. The van der Waals surface area contributed by atoms with Crippen LogP contribution in [0, 0.1) is 0 Å². The zero-order valence-electron chi connectivity index (χ0n) is 16.6. The summed E-state index contributed by atoms with van der Waals surface area (Å²) in [6, 6.07) is 13.4. The molecular weight excluding hydrogens is 429 g/mol. The number of aromatic nitrogens is 2. The van der Waals surface area contributed by atoms with E-state index in [0.29, 0.717) is 5.69 Å². The predicted octanol–water partition coefficient (Wildman–Crippen LogP) is 3.16. The third-order valence-electron chi connectivity index (χ3n) is 4.23. The lowest BCUT2D eigenvalue weighted by atomic mass is 10.1. The van der Waals surface area contributed by atoms with E-state index in [1.807, 2.05) is 0 Å². The molecule has 32 heavy (non-hydrogen) atoms. The fraction of sp³-hybridized carbons (Fsp3) is 0.143. The van der Waals surface area contributed by atoms with E-state index in [1.165, 1.54) is 13.2 Å². The minimum Gasteiger partial charge on any atom is -0.495 e. The summed E-state index contributed by atoms with van der Waals surface area (Å²) in [5.41, 5.74) is -1.50. The van der Waals surface area contributed by atoms with Crippen molar-refractivity contribution in [1.29, 1.82) is 0 Å². The number of carbonyl (C=O) groups excluding carboxylic acids is 2. The first-order valence-corrected chi connectivity index (χ1v) is 9.17. The maximum absolute atomic E-state index is 13.0. The lowest BCUT2D eigenvalue weighted by molar-refractivity contribution is -0.137. The summed E-state index contributed by atoms with van der Waals surface area (Å²) in [4.78, 5) is 36.8. The van der Waals surface area contributed by atoms with Crippen molar-refractivity contribution in [2.75, 3.05) is 17.7 Å². The van der Waals surface area contributed by atoms with Gasteiger partial charge in [-0.25, -0.2) is 4.68 Å². The summed E-state index contributed by atoms with van der Waals surface area (Å²) in [7, 11) is 1.24. The second-order valence-electron chi connectivity index (χ2n) is 6.50. The molecule has 0 unspecified atom stereocenters. The molecule has 0 fully saturated rings. The maximum atomic E-state index is 13.0. The molecule has 0 spiro atoms. The van der Waals surface area contributed by atoms with Gasteiger partial charge in [0.15, 0.2) is 0 Å². The van der Waals surface area contributed by atoms with Crippen molar-refractivity contribution in [3.8, 4) is 5.75 Å². The highest BCUT2D eigenvalue weighted by molar-refractivity contribution is 6.02. The molecule has 0 aliphatic carbocycles. The topological polar surface area (TPSA) is 102 Å². The highest BCUT2D eigenvalue weighted by Crippen LogP contribution is 2.34. The second-order valence-corrected chi connectivity index (χ2v) is 6.50. The van der Waals surface area contributed by atoms with Gasteiger partial charge in [0.25, 0.3) is 11.5 Å². The van der Waals surface area contributed by atoms with E-state index in [9.17, 15) is 27.6 Å². The number of amides is 2. The highest BCUT2D eigenvalue weighted by Gasteiger charge is 2.31. The molecule has 2 aromatic carbocycles. The van der Waals surface area contributed by atoms with Crippen LogP contribution >= 0.6 is 0 Å². The Morgan fingerprint density at radius 1 is 1.03 bits per heavy atom. The number of benzene rings is 2. The van der Waals surface area contributed by atoms with Gasteiger partial charge in [-0.2, -0.15) is 18.3 Å². The van der Waals surface area contributed by atoms with Crippen molar-refractivity contribution in [2.24, 2.45) is 0 Å². The molecule has 2 N–H and O–H groups in total. The second kappa shape index (κ2) is 9.33. The summed E-state index contributed by atoms with van der Waals surface area (Å²) in [6.45, 7) is -0.634. The van der Waals surface area contributed by atoms with Crippen molar-refractivity contribution in [1.82, 2.24) is 9.78 Å². The fourth-order valence-electron chi connectivity index (χ4n) is 2.71. The zero-order valence-corrected chi connectivity index (χ0v) is 16.6. The first kappa shape index (κ1) is 22.5. The lowest BCUT2D eigenvalue weighted by Crippen LogP contribution is -2.31. The van der Waals surface area contributed by atoms with Crippen LogP contribution in [0.2, 0.25) is 0 Å². The molecule has 166 valence electrons. The van der Waals surface area contributed by atoms with E-state index in [0.717, 1.165) is 28.9 Å². The number of nitrogens with one attached hydrogen (secondary N) is 2. The van der Waals surface area contributed by atoms with Gasteiger partial charge in [0.1, 0.15) is 18.0 Å². The lowest BCUT2D eigenvalue weighted by Gasteiger charge is -2.14. The number of hydrogen-bond acceptors (Lipinski definition) is 5. The Kier molecular flexibility index (Phi) is 6.57. The van der Waals surface area contributed by atoms with E-state index < -0.39 is 35.7 Å². The first-order chi connectivity index (χ1) is 15.2. The predicted molar refractivity (Wildman–Crippen MR) is 110 cm³/mol. The van der Waals surface area contributed by atoms with Crippen LogP contribution < -0.4 is 20.9 Å². The van der Waals surface area contributed by atoms with Gasteiger partial charge < -0.3 is 15.4 Å². The molecule has 1 aromatic heterocycles. The SMILES string of the molecule is COc1ccc(C(F)(F)F)cc1NC(=O)Cn1nc(C(=O)Nc2ccccc2)ccc1=O. The zero-order chi connectivity index (χ0) is 23.3. The van der Waals surface area contributed by atoms with Crippen molar-refractivity contribution in [3.63, 3.8) is 0 Å². The maximum Gasteiger partial charge on any atom is 0.416 e. The molecule has 3 rings (SSSR count). The molecule has 2 amide bonds. The van der Waals surface area contributed by atoms with E-state index in [1.54, 1.807) is 30.3 Å². The number of alkyl halides is 3. The average molecular weight is 446 g/mol. The number of carbonyl (C=O) groups is 2. The van der Waals surface area contributed by atoms with Crippen LogP contribution in [0.1, 0.15) is 16.1 Å². The summed E-state index contributed by atoms with van der Waals surface area (Å²) in [5, 5.41) is 8.74. The van der Waals surface area contributed by atoms with Gasteiger partial charge in [0.2, 0.25) is 5.91 Å². The van der Waals surface area contributed by atoms with Crippen LogP contribution in [0.15, 0.2) is 65.5 Å². The van der Waals surface area contributed by atoms with Gasteiger partial charge in [-0.05, 0) is 36.4 Å². The quantitative estimate of drug-likeness (QED) is 0.606. The number of para-hydroxylation sites is 1. The van der Waals surface area contributed by atoms with E-state index in [-0.39, 0.29) is 17.1 Å². The van der Waals surface area contributed by atoms with Gasteiger partial charge in [-0.1, -0.05) is 18.2 Å². The fourth-order valence-corrected chi connectivity index (χ4v) is 2.71. The van der Waals surface area contributed by atoms with Crippen LogP contribution in [0.5, 0.6) is 5.75 Å². The summed E-state index contributed by atoms with van der Waals surface area (Å²) >= 11 is 0. The molecule has 11 heteroatoms. The molecule has 1 heterocycles. The Hall–Kier alpha value is -4.15. The van der Waals surface area contributed by atoms with Crippen LogP contribution in [-0.2, 0) is 17.5 Å². The summed E-state index contributed by atoms with van der Waals surface area (Å²) < 4.78 is 44.6. The molecule has 0 saturated carbocycles. The van der Waals surface area contributed by atoms with Crippen molar-refractivity contribution in [3.05, 3.63) is 82.3 Å². The van der Waals surface area contributed by atoms with E-state index in [2.05, 4.69) is 15.7 Å². The molecule has 0 saturated heterocycles. The van der Waals surface area contributed by atoms with Crippen LogP contribution in [0.3, 0.4) is 0 Å². The van der Waals surface area contributed by atoms with Gasteiger partial charge >= 0.3 is 6.18 Å². The Morgan fingerprint density at radius 3 is 2.41 bits per heavy atom. The normalized spacial score (nSPS) is 11.0. The smallest absolute Gasteiger partial charge is 0.416 e. The van der Waals surface area contributed by atoms with Crippen molar-refractivity contribution >= 4 is 23.2 Å².